The first-order valence-corrected chi connectivity index (χ1v) is 10.0. The molecular weight excluding hydrogens is 406 g/mol. The van der Waals surface area contributed by atoms with Crippen LogP contribution in [0.25, 0.3) is 4.85 Å². The second-order valence-corrected chi connectivity index (χ2v) is 7.87. The van der Waals surface area contributed by atoms with Crippen molar-refractivity contribution in [1.29, 1.82) is 0 Å². The maximum absolute atomic E-state index is 12.8. The smallest absolute Gasteiger partial charge is 0.255 e. The first-order valence-electron chi connectivity index (χ1n) is 9.24. The van der Waals surface area contributed by atoms with Crippen molar-refractivity contribution in [2.75, 3.05) is 6.54 Å². The van der Waals surface area contributed by atoms with E-state index in [1.165, 1.54) is 0 Å². The zero-order chi connectivity index (χ0) is 18.8. The van der Waals surface area contributed by atoms with Crippen molar-refractivity contribution in [1.82, 2.24) is 9.88 Å². The van der Waals surface area contributed by atoms with E-state index >= 15 is 0 Å². The second-order valence-electron chi connectivity index (χ2n) is 7.02. The van der Waals surface area contributed by atoms with Gasteiger partial charge in [-0.05, 0) is 49.9 Å². The summed E-state index contributed by atoms with van der Waals surface area (Å²) in [5.74, 6) is 0.902. The van der Waals surface area contributed by atoms with E-state index in [9.17, 15) is 4.79 Å². The van der Waals surface area contributed by atoms with E-state index in [4.69, 9.17) is 11.3 Å². The lowest BCUT2D eigenvalue weighted by molar-refractivity contribution is 0.0517. The molecule has 2 heterocycles. The van der Waals surface area contributed by atoms with Gasteiger partial charge in [-0.1, -0.05) is 22.0 Å². The van der Waals surface area contributed by atoms with Crippen molar-refractivity contribution < 1.29 is 9.53 Å². The number of carbonyl (C=O) groups is 1. The first kappa shape index (κ1) is 18.0. The lowest BCUT2D eigenvalue weighted by Gasteiger charge is -2.39. The van der Waals surface area contributed by atoms with E-state index < -0.39 is 0 Å². The Kier molecular flexibility index (Phi) is 5.13. The van der Waals surface area contributed by atoms with Crippen molar-refractivity contribution in [3.05, 3.63) is 63.7 Å². The zero-order valence-corrected chi connectivity index (χ0v) is 16.5. The van der Waals surface area contributed by atoms with Gasteiger partial charge < -0.3 is 9.64 Å². The summed E-state index contributed by atoms with van der Waals surface area (Å²) in [5, 5.41) is 0. The van der Waals surface area contributed by atoms with E-state index in [0.29, 0.717) is 5.69 Å². The summed E-state index contributed by atoms with van der Waals surface area (Å²) in [6.45, 7) is 7.86. The molecule has 1 aromatic carbocycles. The van der Waals surface area contributed by atoms with Crippen LogP contribution in [0.15, 0.2) is 41.0 Å². The quantitative estimate of drug-likeness (QED) is 0.664. The van der Waals surface area contributed by atoms with Gasteiger partial charge in [0, 0.05) is 29.7 Å². The topological polar surface area (TPSA) is 46.8 Å². The van der Waals surface area contributed by atoms with Crippen molar-refractivity contribution in [3.63, 3.8) is 0 Å². The first-order chi connectivity index (χ1) is 13.2. The molecule has 1 aliphatic carbocycles. The van der Waals surface area contributed by atoms with Crippen LogP contribution >= 0.6 is 15.9 Å². The standard InChI is InChI=1S/C21H20BrN3O2/c1-23-20-9-8-16(13-18(20)22)27-15-6-4-14(5-7-15)25-12-10-19-17(21(25)26)3-2-11-24-19/h2-3,8-9,11,13-15H,4-7,10,12H2. The molecule has 0 saturated heterocycles. The van der Waals surface area contributed by atoms with Gasteiger partial charge in [-0.25, -0.2) is 4.85 Å². The Labute approximate surface area is 167 Å². The van der Waals surface area contributed by atoms with Gasteiger partial charge in [-0.3, -0.25) is 9.78 Å². The Hall–Kier alpha value is -2.39. The van der Waals surface area contributed by atoms with Gasteiger partial charge in [0.05, 0.1) is 23.9 Å². The highest BCUT2D eigenvalue weighted by Gasteiger charge is 2.33. The van der Waals surface area contributed by atoms with Gasteiger partial charge in [0.25, 0.3) is 5.91 Å². The third-order valence-electron chi connectivity index (χ3n) is 5.40. The molecule has 1 fully saturated rings. The molecule has 27 heavy (non-hydrogen) atoms. The Bertz CT molecular complexity index is 901. The largest absolute Gasteiger partial charge is 0.491 e. The summed E-state index contributed by atoms with van der Waals surface area (Å²) in [6.07, 6.45) is 6.50. The number of aromatic nitrogens is 1. The SMILES string of the molecule is [C-]#[N+]c1ccc(OC2CCC(N3CCc4ncccc4C3=O)CC2)cc1Br. The maximum atomic E-state index is 12.8. The summed E-state index contributed by atoms with van der Waals surface area (Å²) in [5.41, 5.74) is 2.26. The average Bonchev–Trinajstić information content (AvgIpc) is 2.69. The van der Waals surface area contributed by atoms with E-state index in [1.807, 2.05) is 29.2 Å². The molecule has 2 aromatic rings. The Morgan fingerprint density at radius 3 is 2.78 bits per heavy atom. The number of rotatable bonds is 3. The molecule has 0 spiro atoms. The lowest BCUT2D eigenvalue weighted by atomic mass is 9.90. The number of carbonyl (C=O) groups excluding carboxylic acids is 1. The number of benzene rings is 1. The average molecular weight is 426 g/mol. The molecule has 0 radical (unpaired) electrons. The Morgan fingerprint density at radius 1 is 1.22 bits per heavy atom. The van der Waals surface area contributed by atoms with Crippen molar-refractivity contribution in [3.8, 4) is 5.75 Å². The highest BCUT2D eigenvalue weighted by atomic mass is 79.9. The minimum absolute atomic E-state index is 0.118. The minimum Gasteiger partial charge on any atom is -0.491 e. The van der Waals surface area contributed by atoms with Crippen LogP contribution in [0.4, 0.5) is 5.69 Å². The van der Waals surface area contributed by atoms with Crippen LogP contribution in [0.1, 0.15) is 41.7 Å². The summed E-state index contributed by atoms with van der Waals surface area (Å²) in [6, 6.07) is 9.48. The molecule has 0 atom stereocenters. The minimum atomic E-state index is 0.118. The molecule has 4 rings (SSSR count). The summed E-state index contributed by atoms with van der Waals surface area (Å²) < 4.78 is 6.87. The number of fused-ring (bicyclic) bond motifs is 1. The molecule has 1 amide bonds. The van der Waals surface area contributed by atoms with Gasteiger partial charge in [0.1, 0.15) is 5.75 Å². The predicted octanol–water partition coefficient (Wildman–Crippen LogP) is 4.78. The van der Waals surface area contributed by atoms with E-state index in [0.717, 1.165) is 60.1 Å². The fourth-order valence-electron chi connectivity index (χ4n) is 3.98. The molecule has 138 valence electrons. The van der Waals surface area contributed by atoms with Gasteiger partial charge in [-0.15, -0.1) is 0 Å². The molecule has 0 bridgehead atoms. The van der Waals surface area contributed by atoms with Crippen molar-refractivity contribution in [2.24, 2.45) is 0 Å². The van der Waals surface area contributed by atoms with Crippen LogP contribution in [-0.2, 0) is 6.42 Å². The third kappa shape index (κ3) is 3.70. The molecule has 0 unspecified atom stereocenters. The third-order valence-corrected chi connectivity index (χ3v) is 6.03. The number of hydrogen-bond donors (Lipinski definition) is 0. The van der Waals surface area contributed by atoms with Crippen LogP contribution in [0, 0.1) is 6.57 Å². The number of ether oxygens (including phenoxy) is 1. The second kappa shape index (κ2) is 7.69. The van der Waals surface area contributed by atoms with Crippen LogP contribution in [0.3, 0.4) is 0 Å². The molecule has 2 aliphatic rings. The molecular formula is C21H20BrN3O2. The van der Waals surface area contributed by atoms with Gasteiger partial charge in [-0.2, -0.15) is 0 Å². The highest BCUT2D eigenvalue weighted by molar-refractivity contribution is 9.10. The van der Waals surface area contributed by atoms with Crippen molar-refractivity contribution in [2.45, 2.75) is 44.2 Å². The van der Waals surface area contributed by atoms with Crippen LogP contribution in [-0.4, -0.2) is 34.5 Å². The molecule has 1 aliphatic heterocycles. The Balaban J connectivity index is 1.36. The van der Waals surface area contributed by atoms with Crippen molar-refractivity contribution >= 4 is 27.5 Å². The van der Waals surface area contributed by atoms with Crippen LogP contribution in [0.2, 0.25) is 0 Å². The Morgan fingerprint density at radius 2 is 2.04 bits per heavy atom. The summed E-state index contributed by atoms with van der Waals surface area (Å²) in [7, 11) is 0. The monoisotopic (exact) mass is 425 g/mol. The fourth-order valence-corrected chi connectivity index (χ4v) is 4.43. The fraction of sp³-hybridized carbons (Fsp3) is 0.381. The number of amides is 1. The number of nitrogens with zero attached hydrogens (tertiary/aromatic N) is 3. The van der Waals surface area contributed by atoms with Gasteiger partial charge >= 0.3 is 0 Å². The van der Waals surface area contributed by atoms with E-state index in [1.54, 1.807) is 12.3 Å². The summed E-state index contributed by atoms with van der Waals surface area (Å²) in [4.78, 5) is 22.6. The van der Waals surface area contributed by atoms with E-state index in [2.05, 4.69) is 25.8 Å². The van der Waals surface area contributed by atoms with Gasteiger partial charge in [0.2, 0.25) is 5.69 Å². The number of halogens is 1. The zero-order valence-electron chi connectivity index (χ0n) is 14.9. The lowest BCUT2D eigenvalue weighted by Crippen LogP contribution is -2.47. The van der Waals surface area contributed by atoms with Crippen LogP contribution < -0.4 is 4.74 Å². The van der Waals surface area contributed by atoms with E-state index in [-0.39, 0.29) is 18.1 Å². The van der Waals surface area contributed by atoms with Crippen LogP contribution in [0.5, 0.6) is 5.75 Å². The number of hydrogen-bond acceptors (Lipinski definition) is 3. The number of pyridine rings is 1. The molecule has 0 N–H and O–H groups in total. The summed E-state index contributed by atoms with van der Waals surface area (Å²) >= 11 is 3.41. The molecule has 5 nitrogen and oxygen atoms in total. The molecule has 1 aromatic heterocycles. The molecule has 6 heteroatoms. The van der Waals surface area contributed by atoms with Gasteiger partial charge in [0.15, 0.2) is 0 Å². The predicted molar refractivity (Wildman–Crippen MR) is 106 cm³/mol. The molecule has 1 saturated carbocycles. The highest BCUT2D eigenvalue weighted by Crippen LogP contribution is 2.33. The normalized spacial score (nSPS) is 22.1. The maximum Gasteiger partial charge on any atom is 0.255 e.